The van der Waals surface area contributed by atoms with Gasteiger partial charge in [-0.2, -0.15) is 0 Å². The van der Waals surface area contributed by atoms with Gasteiger partial charge in [0, 0.05) is 57.3 Å². The molecule has 1 amide bonds. The maximum Gasteiger partial charge on any atom is 0.221 e. The lowest BCUT2D eigenvalue weighted by Crippen LogP contribution is -2.37. The zero-order valence-electron chi connectivity index (χ0n) is 14.9. The Morgan fingerprint density at radius 1 is 1.31 bits per heavy atom. The summed E-state index contributed by atoms with van der Waals surface area (Å²) in [6.45, 7) is 3.24. The number of aromatic nitrogens is 4. The number of hydrogen-bond donors (Lipinski definition) is 2. The highest BCUT2D eigenvalue weighted by atomic mass is 16.1. The first kappa shape index (κ1) is 16.5. The summed E-state index contributed by atoms with van der Waals surface area (Å²) in [6, 6.07) is 8.02. The number of imidazole rings is 2. The topological polar surface area (TPSA) is 78.8 Å². The largest absolute Gasteiger partial charge is 0.348 e. The molecule has 0 unspecified atom stereocenters. The van der Waals surface area contributed by atoms with Crippen LogP contribution in [0.2, 0.25) is 0 Å². The quantitative estimate of drug-likeness (QED) is 0.756. The molecular formula is C19H22N6O. The first-order valence-electron chi connectivity index (χ1n) is 8.72. The Balaban J connectivity index is 1.61. The van der Waals surface area contributed by atoms with Crippen LogP contribution >= 0.6 is 0 Å². The number of amides is 1. The summed E-state index contributed by atoms with van der Waals surface area (Å²) in [5.41, 5.74) is 4.25. The van der Waals surface area contributed by atoms with Crippen molar-refractivity contribution in [3.8, 4) is 0 Å². The molecule has 0 saturated heterocycles. The van der Waals surface area contributed by atoms with Crippen LogP contribution in [0.3, 0.4) is 0 Å². The molecule has 1 atom stereocenters. The Hall–Kier alpha value is -2.93. The highest BCUT2D eigenvalue weighted by molar-refractivity contribution is 5.88. The molecule has 0 aliphatic carbocycles. The van der Waals surface area contributed by atoms with E-state index in [1.165, 1.54) is 18.2 Å². The lowest BCUT2D eigenvalue weighted by atomic mass is 10.0. The minimum Gasteiger partial charge on any atom is -0.348 e. The molecule has 26 heavy (non-hydrogen) atoms. The highest BCUT2D eigenvalue weighted by Gasteiger charge is 2.33. The third-order valence-corrected chi connectivity index (χ3v) is 4.79. The predicted octanol–water partition coefficient (Wildman–Crippen LogP) is 2.25. The predicted molar refractivity (Wildman–Crippen MR) is 98.5 cm³/mol. The van der Waals surface area contributed by atoms with E-state index in [9.17, 15) is 4.79 Å². The maximum atomic E-state index is 11.2. The van der Waals surface area contributed by atoms with Crippen LogP contribution in [0.1, 0.15) is 35.7 Å². The van der Waals surface area contributed by atoms with Gasteiger partial charge in [0.25, 0.3) is 0 Å². The number of rotatable bonds is 4. The number of aromatic amines is 1. The average Bonchev–Trinajstić information content (AvgIpc) is 3.25. The number of nitrogens with one attached hydrogen (secondary N) is 2. The second kappa shape index (κ2) is 6.76. The fraction of sp³-hybridized carbons (Fsp3) is 0.316. The number of nitrogens with zero attached hydrogens (tertiary/aromatic N) is 4. The summed E-state index contributed by atoms with van der Waals surface area (Å²) >= 11 is 0. The van der Waals surface area contributed by atoms with E-state index in [1.807, 2.05) is 31.6 Å². The van der Waals surface area contributed by atoms with Crippen molar-refractivity contribution < 1.29 is 4.79 Å². The van der Waals surface area contributed by atoms with Crippen molar-refractivity contribution in [2.24, 2.45) is 7.05 Å². The molecule has 7 heteroatoms. The van der Waals surface area contributed by atoms with Crippen molar-refractivity contribution >= 4 is 11.6 Å². The van der Waals surface area contributed by atoms with Crippen molar-refractivity contribution in [1.82, 2.24) is 24.4 Å². The summed E-state index contributed by atoms with van der Waals surface area (Å²) in [5.74, 6) is 0.933. The minimum absolute atomic E-state index is 0.0278. The fourth-order valence-corrected chi connectivity index (χ4v) is 3.55. The lowest BCUT2D eigenvalue weighted by molar-refractivity contribution is -0.114. The summed E-state index contributed by atoms with van der Waals surface area (Å²) in [4.78, 5) is 26.0. The number of carbonyl (C=O) groups is 1. The van der Waals surface area contributed by atoms with Crippen molar-refractivity contribution in [3.63, 3.8) is 0 Å². The third-order valence-electron chi connectivity index (χ3n) is 4.79. The maximum absolute atomic E-state index is 11.2. The SMILES string of the molecule is CC(=O)Nc1ccc(CN2CCc3[nH]cnc3[C@@H]2c2nccn2C)cc1. The van der Waals surface area contributed by atoms with Gasteiger partial charge in [-0.05, 0) is 17.7 Å². The molecule has 4 rings (SSSR count). The van der Waals surface area contributed by atoms with Crippen LogP contribution in [0.5, 0.6) is 0 Å². The summed E-state index contributed by atoms with van der Waals surface area (Å²) in [7, 11) is 2.02. The van der Waals surface area contributed by atoms with E-state index in [0.29, 0.717) is 0 Å². The number of hydrogen-bond acceptors (Lipinski definition) is 4. The summed E-state index contributed by atoms with van der Waals surface area (Å²) in [6.07, 6.45) is 6.51. The minimum atomic E-state index is -0.0605. The molecule has 0 fully saturated rings. The van der Waals surface area contributed by atoms with Crippen molar-refractivity contribution in [2.45, 2.75) is 25.9 Å². The fourth-order valence-electron chi connectivity index (χ4n) is 3.55. The van der Waals surface area contributed by atoms with Gasteiger partial charge in [0.2, 0.25) is 5.91 Å². The summed E-state index contributed by atoms with van der Waals surface area (Å²) < 4.78 is 2.06. The zero-order chi connectivity index (χ0) is 18.1. The number of anilines is 1. The average molecular weight is 350 g/mol. The van der Waals surface area contributed by atoms with Crippen molar-refractivity contribution in [1.29, 1.82) is 0 Å². The molecule has 0 bridgehead atoms. The molecule has 1 aromatic carbocycles. The van der Waals surface area contributed by atoms with Crippen LogP contribution in [0, 0.1) is 0 Å². The first-order chi connectivity index (χ1) is 12.6. The molecule has 1 aliphatic rings. The van der Waals surface area contributed by atoms with E-state index in [4.69, 9.17) is 0 Å². The molecule has 2 N–H and O–H groups in total. The smallest absolute Gasteiger partial charge is 0.221 e. The monoisotopic (exact) mass is 350 g/mol. The van der Waals surface area contributed by atoms with Crippen molar-refractivity contribution in [2.75, 3.05) is 11.9 Å². The Labute approximate surface area is 152 Å². The third kappa shape index (κ3) is 3.13. The molecule has 3 heterocycles. The normalized spacial score (nSPS) is 17.1. The van der Waals surface area contributed by atoms with E-state index in [1.54, 1.807) is 6.33 Å². The molecule has 0 radical (unpaired) electrons. The standard InChI is InChI=1S/C19H22N6O/c1-13(26)23-15-5-3-14(4-6-15)11-25-9-7-16-17(22-12-21-16)18(25)19-20-8-10-24(19)2/h3-6,8,10,12,18H,7,9,11H2,1-2H3,(H,21,22)(H,23,26)/t18-/m1/s1. The molecule has 7 nitrogen and oxygen atoms in total. The number of aryl methyl sites for hydroxylation is 1. The molecule has 2 aromatic heterocycles. The Kier molecular flexibility index (Phi) is 4.30. The van der Waals surface area contributed by atoms with Gasteiger partial charge in [0.1, 0.15) is 11.9 Å². The van der Waals surface area contributed by atoms with Crippen LogP contribution in [0.4, 0.5) is 5.69 Å². The van der Waals surface area contributed by atoms with Crippen LogP contribution < -0.4 is 5.32 Å². The zero-order valence-corrected chi connectivity index (χ0v) is 14.9. The van der Waals surface area contributed by atoms with Crippen molar-refractivity contribution in [3.05, 3.63) is 65.8 Å². The Bertz CT molecular complexity index is 910. The van der Waals surface area contributed by atoms with E-state index < -0.39 is 0 Å². The van der Waals surface area contributed by atoms with Crippen LogP contribution in [0.15, 0.2) is 43.0 Å². The first-order valence-corrected chi connectivity index (χ1v) is 8.72. The van der Waals surface area contributed by atoms with Gasteiger partial charge in [-0.1, -0.05) is 12.1 Å². The number of carbonyl (C=O) groups excluding carboxylic acids is 1. The van der Waals surface area contributed by atoms with Gasteiger partial charge >= 0.3 is 0 Å². The Morgan fingerprint density at radius 3 is 2.81 bits per heavy atom. The second-order valence-corrected chi connectivity index (χ2v) is 6.66. The van der Waals surface area contributed by atoms with Crippen LogP contribution in [-0.4, -0.2) is 36.9 Å². The molecule has 134 valence electrons. The lowest BCUT2D eigenvalue weighted by Gasteiger charge is -2.34. The molecular weight excluding hydrogens is 328 g/mol. The Morgan fingerprint density at radius 2 is 2.12 bits per heavy atom. The summed E-state index contributed by atoms with van der Waals surface area (Å²) in [5, 5.41) is 2.80. The van der Waals surface area contributed by atoms with Gasteiger partial charge < -0.3 is 14.9 Å². The van der Waals surface area contributed by atoms with E-state index in [0.717, 1.165) is 36.7 Å². The van der Waals surface area contributed by atoms with Gasteiger partial charge in [-0.25, -0.2) is 9.97 Å². The molecule has 1 aliphatic heterocycles. The highest BCUT2D eigenvalue weighted by Crippen LogP contribution is 2.33. The van der Waals surface area contributed by atoms with E-state index >= 15 is 0 Å². The van der Waals surface area contributed by atoms with Gasteiger partial charge in [0.05, 0.1) is 12.0 Å². The van der Waals surface area contributed by atoms with Crippen LogP contribution in [0.25, 0.3) is 0 Å². The molecule has 3 aromatic rings. The van der Waals surface area contributed by atoms with Crippen LogP contribution in [-0.2, 0) is 24.8 Å². The molecule has 0 spiro atoms. The van der Waals surface area contributed by atoms with E-state index in [2.05, 4.69) is 41.9 Å². The van der Waals surface area contributed by atoms with Gasteiger partial charge in [-0.15, -0.1) is 0 Å². The van der Waals surface area contributed by atoms with E-state index in [-0.39, 0.29) is 11.9 Å². The number of benzene rings is 1. The number of H-pyrrole nitrogens is 1. The van der Waals surface area contributed by atoms with Gasteiger partial charge in [-0.3, -0.25) is 9.69 Å². The second-order valence-electron chi connectivity index (χ2n) is 6.66. The molecule has 0 saturated carbocycles. The van der Waals surface area contributed by atoms with Gasteiger partial charge in [0.15, 0.2) is 0 Å². The number of fused-ring (bicyclic) bond motifs is 1.